The molecule has 0 bridgehead atoms. The maximum absolute atomic E-state index is 10.5. The van der Waals surface area contributed by atoms with Crippen LogP contribution in [0.1, 0.15) is 15.9 Å². The molecule has 0 amide bonds. The zero-order valence-electron chi connectivity index (χ0n) is 6.84. The fraction of sp³-hybridized carbons (Fsp3) is 0.111. The molecule has 4 nitrogen and oxygen atoms in total. The maximum Gasteiger partial charge on any atom is 0.335 e. The first-order valence-corrected chi connectivity index (χ1v) is 3.72. The van der Waals surface area contributed by atoms with E-state index in [0.717, 1.165) is 5.56 Å². The van der Waals surface area contributed by atoms with Gasteiger partial charge in [-0.1, -0.05) is 12.1 Å². The van der Waals surface area contributed by atoms with Gasteiger partial charge < -0.3 is 10.3 Å². The number of carboxylic acid groups (broad SMARTS) is 1. The van der Waals surface area contributed by atoms with Crippen LogP contribution in [0.25, 0.3) is 0 Å². The zero-order chi connectivity index (χ0) is 9.68. The molecule has 1 rings (SSSR count). The Kier molecular flexibility index (Phi) is 3.03. The van der Waals surface area contributed by atoms with Crippen LogP contribution in [-0.4, -0.2) is 22.5 Å². The quantitative estimate of drug-likeness (QED) is 0.418. The van der Waals surface area contributed by atoms with Crippen LogP contribution in [0.15, 0.2) is 29.4 Å². The summed E-state index contributed by atoms with van der Waals surface area (Å²) in [5.41, 5.74) is 1.04. The molecule has 0 aliphatic rings. The van der Waals surface area contributed by atoms with E-state index in [2.05, 4.69) is 5.16 Å². The van der Waals surface area contributed by atoms with Crippen LogP contribution in [0.3, 0.4) is 0 Å². The van der Waals surface area contributed by atoms with Gasteiger partial charge >= 0.3 is 5.97 Å². The Bertz CT molecular complexity index is 333. The Balaban J connectivity index is 2.85. The summed E-state index contributed by atoms with van der Waals surface area (Å²) < 4.78 is 0. The Morgan fingerprint density at radius 3 is 2.92 bits per heavy atom. The third-order valence-electron chi connectivity index (χ3n) is 1.58. The summed E-state index contributed by atoms with van der Waals surface area (Å²) in [7, 11) is 0. The van der Waals surface area contributed by atoms with E-state index in [-0.39, 0.29) is 5.56 Å². The van der Waals surface area contributed by atoms with Crippen molar-refractivity contribution in [3.05, 3.63) is 35.4 Å². The average molecular weight is 179 g/mol. The fourth-order valence-electron chi connectivity index (χ4n) is 0.978. The summed E-state index contributed by atoms with van der Waals surface area (Å²) in [6.45, 7) is 0. The number of rotatable bonds is 3. The summed E-state index contributed by atoms with van der Waals surface area (Å²) in [5, 5.41) is 19.6. The summed E-state index contributed by atoms with van der Waals surface area (Å²) >= 11 is 0. The molecule has 0 heterocycles. The Hall–Kier alpha value is -1.84. The van der Waals surface area contributed by atoms with E-state index in [9.17, 15) is 4.79 Å². The van der Waals surface area contributed by atoms with E-state index in [1.165, 1.54) is 12.3 Å². The summed E-state index contributed by atoms with van der Waals surface area (Å²) in [6, 6.07) is 6.49. The highest BCUT2D eigenvalue weighted by molar-refractivity contribution is 5.87. The number of carboxylic acids is 1. The Labute approximate surface area is 75.1 Å². The second kappa shape index (κ2) is 4.25. The molecular weight excluding hydrogens is 170 g/mol. The molecule has 68 valence electrons. The number of benzene rings is 1. The molecule has 0 atom stereocenters. The highest BCUT2D eigenvalue weighted by atomic mass is 16.4. The number of oxime groups is 1. The van der Waals surface area contributed by atoms with E-state index >= 15 is 0 Å². The van der Waals surface area contributed by atoms with Gasteiger partial charge in [-0.25, -0.2) is 4.79 Å². The van der Waals surface area contributed by atoms with E-state index < -0.39 is 5.97 Å². The van der Waals surface area contributed by atoms with Gasteiger partial charge in [0, 0.05) is 12.6 Å². The topological polar surface area (TPSA) is 69.9 Å². The first-order chi connectivity index (χ1) is 6.24. The number of carbonyl (C=O) groups is 1. The van der Waals surface area contributed by atoms with Crippen LogP contribution < -0.4 is 0 Å². The molecule has 0 aliphatic carbocycles. The molecular formula is C9H9NO3. The molecule has 0 aliphatic heterocycles. The second-order valence-corrected chi connectivity index (χ2v) is 2.51. The molecule has 0 saturated heterocycles. The summed E-state index contributed by atoms with van der Waals surface area (Å²) in [6.07, 6.45) is 1.73. The van der Waals surface area contributed by atoms with Crippen LogP contribution >= 0.6 is 0 Å². The lowest BCUT2D eigenvalue weighted by Crippen LogP contribution is -1.97. The molecule has 2 N–H and O–H groups in total. The molecule has 1 aromatic carbocycles. The molecule has 0 aromatic heterocycles. The van der Waals surface area contributed by atoms with Crippen molar-refractivity contribution in [2.24, 2.45) is 5.16 Å². The number of nitrogens with zero attached hydrogens (tertiary/aromatic N) is 1. The first-order valence-electron chi connectivity index (χ1n) is 3.72. The Morgan fingerprint density at radius 2 is 2.31 bits per heavy atom. The van der Waals surface area contributed by atoms with E-state index in [4.69, 9.17) is 10.3 Å². The van der Waals surface area contributed by atoms with Crippen LogP contribution in [-0.2, 0) is 6.42 Å². The monoisotopic (exact) mass is 179 g/mol. The molecule has 4 heteroatoms. The molecule has 0 saturated carbocycles. The van der Waals surface area contributed by atoms with E-state index in [1.54, 1.807) is 18.2 Å². The number of aromatic carboxylic acids is 1. The summed E-state index contributed by atoms with van der Waals surface area (Å²) in [4.78, 5) is 10.5. The minimum Gasteiger partial charge on any atom is -0.478 e. The third kappa shape index (κ3) is 2.59. The Morgan fingerprint density at radius 1 is 1.54 bits per heavy atom. The lowest BCUT2D eigenvalue weighted by Gasteiger charge is -1.97. The van der Waals surface area contributed by atoms with Crippen LogP contribution in [0.5, 0.6) is 0 Å². The second-order valence-electron chi connectivity index (χ2n) is 2.51. The van der Waals surface area contributed by atoms with Crippen LogP contribution in [0, 0.1) is 0 Å². The predicted molar refractivity (Wildman–Crippen MR) is 47.4 cm³/mol. The fourth-order valence-corrected chi connectivity index (χ4v) is 0.978. The van der Waals surface area contributed by atoms with Crippen molar-refractivity contribution >= 4 is 12.2 Å². The highest BCUT2D eigenvalue weighted by Gasteiger charge is 2.01. The van der Waals surface area contributed by atoms with Crippen molar-refractivity contribution in [1.82, 2.24) is 0 Å². The van der Waals surface area contributed by atoms with Crippen molar-refractivity contribution in [2.45, 2.75) is 6.42 Å². The van der Waals surface area contributed by atoms with Crippen molar-refractivity contribution in [3.8, 4) is 0 Å². The summed E-state index contributed by atoms with van der Waals surface area (Å²) in [5.74, 6) is -0.956. The van der Waals surface area contributed by atoms with Crippen LogP contribution in [0.2, 0.25) is 0 Å². The standard InChI is InChI=1S/C9H9NO3/c11-9(12)8-3-1-2-7(6-8)4-5-10-13/h1-3,5-6,13H,4H2,(H,11,12)/b10-5-. The molecule has 13 heavy (non-hydrogen) atoms. The number of hydrogen-bond donors (Lipinski definition) is 2. The van der Waals surface area contributed by atoms with Crippen molar-refractivity contribution in [3.63, 3.8) is 0 Å². The lowest BCUT2D eigenvalue weighted by atomic mass is 10.1. The SMILES string of the molecule is O=C(O)c1cccc(C/C=N\O)c1. The smallest absolute Gasteiger partial charge is 0.335 e. The molecule has 1 aromatic rings. The van der Waals surface area contributed by atoms with Gasteiger partial charge in [-0.15, -0.1) is 5.16 Å². The minimum absolute atomic E-state index is 0.240. The van der Waals surface area contributed by atoms with E-state index in [1.807, 2.05) is 0 Å². The number of hydrogen-bond acceptors (Lipinski definition) is 3. The molecule has 0 unspecified atom stereocenters. The van der Waals surface area contributed by atoms with Gasteiger partial charge in [0.25, 0.3) is 0 Å². The van der Waals surface area contributed by atoms with Crippen molar-refractivity contribution in [1.29, 1.82) is 0 Å². The van der Waals surface area contributed by atoms with Gasteiger partial charge in [-0.3, -0.25) is 0 Å². The largest absolute Gasteiger partial charge is 0.478 e. The first kappa shape index (κ1) is 9.25. The van der Waals surface area contributed by atoms with Crippen molar-refractivity contribution in [2.75, 3.05) is 0 Å². The predicted octanol–water partition coefficient (Wildman–Crippen LogP) is 1.39. The molecule has 0 fully saturated rings. The third-order valence-corrected chi connectivity index (χ3v) is 1.58. The zero-order valence-corrected chi connectivity index (χ0v) is 6.84. The normalized spacial score (nSPS) is 10.5. The molecule has 0 radical (unpaired) electrons. The van der Waals surface area contributed by atoms with E-state index in [0.29, 0.717) is 6.42 Å². The maximum atomic E-state index is 10.5. The van der Waals surface area contributed by atoms with Gasteiger partial charge in [0.1, 0.15) is 0 Å². The minimum atomic E-state index is -0.956. The van der Waals surface area contributed by atoms with Gasteiger partial charge in [-0.2, -0.15) is 0 Å². The van der Waals surface area contributed by atoms with Gasteiger partial charge in [-0.05, 0) is 17.7 Å². The highest BCUT2D eigenvalue weighted by Crippen LogP contribution is 2.04. The van der Waals surface area contributed by atoms with Gasteiger partial charge in [0.2, 0.25) is 0 Å². The molecule has 0 spiro atoms. The lowest BCUT2D eigenvalue weighted by molar-refractivity contribution is 0.0697. The van der Waals surface area contributed by atoms with Crippen LogP contribution in [0.4, 0.5) is 0 Å². The average Bonchev–Trinajstić information content (AvgIpc) is 2.15. The van der Waals surface area contributed by atoms with Gasteiger partial charge in [0.15, 0.2) is 0 Å². The van der Waals surface area contributed by atoms with Gasteiger partial charge in [0.05, 0.1) is 5.56 Å². The van der Waals surface area contributed by atoms with Crippen molar-refractivity contribution < 1.29 is 15.1 Å².